The molecule has 2 atom stereocenters. The molecule has 1 aliphatic heterocycles. The summed E-state index contributed by atoms with van der Waals surface area (Å²) in [5.74, 6) is 0.974. The van der Waals surface area contributed by atoms with Crippen LogP contribution in [0.15, 0.2) is 42.5 Å². The fourth-order valence-corrected chi connectivity index (χ4v) is 2.80. The number of ether oxygens (including phenoxy) is 1. The van der Waals surface area contributed by atoms with Crippen molar-refractivity contribution in [2.45, 2.75) is 31.7 Å². The summed E-state index contributed by atoms with van der Waals surface area (Å²) < 4.78 is 5.96. The molecular formula is C17H17ClO. The second kappa shape index (κ2) is 4.90. The highest BCUT2D eigenvalue weighted by Crippen LogP contribution is 2.37. The minimum absolute atomic E-state index is 0.0289. The summed E-state index contributed by atoms with van der Waals surface area (Å²) in [5.41, 5.74) is 4.96. The van der Waals surface area contributed by atoms with E-state index < -0.39 is 0 Å². The SMILES string of the molecule is Cc1ccc(C(Cl)C2Cc3ccccc3O2)cc1C. The van der Waals surface area contributed by atoms with Crippen LogP contribution in [0.2, 0.25) is 0 Å². The topological polar surface area (TPSA) is 9.23 Å². The van der Waals surface area contributed by atoms with E-state index in [0.717, 1.165) is 17.7 Å². The molecule has 0 saturated carbocycles. The van der Waals surface area contributed by atoms with Crippen LogP contribution in [0.1, 0.15) is 27.6 Å². The van der Waals surface area contributed by atoms with Crippen LogP contribution < -0.4 is 4.74 Å². The molecule has 1 heterocycles. The highest BCUT2D eigenvalue weighted by molar-refractivity contribution is 6.21. The zero-order valence-electron chi connectivity index (χ0n) is 11.2. The van der Waals surface area contributed by atoms with Gasteiger partial charge < -0.3 is 4.74 Å². The molecule has 0 amide bonds. The van der Waals surface area contributed by atoms with Gasteiger partial charge in [-0.25, -0.2) is 0 Å². The monoisotopic (exact) mass is 272 g/mol. The molecule has 1 nitrogen and oxygen atoms in total. The van der Waals surface area contributed by atoms with Crippen LogP contribution in [-0.4, -0.2) is 6.10 Å². The molecule has 2 aromatic carbocycles. The van der Waals surface area contributed by atoms with Crippen LogP contribution in [0, 0.1) is 13.8 Å². The molecule has 19 heavy (non-hydrogen) atoms. The fourth-order valence-electron chi connectivity index (χ4n) is 2.52. The Balaban J connectivity index is 1.82. The van der Waals surface area contributed by atoms with Gasteiger partial charge in [-0.15, -0.1) is 11.6 Å². The van der Waals surface area contributed by atoms with Crippen LogP contribution in [0.3, 0.4) is 0 Å². The van der Waals surface area contributed by atoms with Gasteiger partial charge >= 0.3 is 0 Å². The Morgan fingerprint density at radius 3 is 2.63 bits per heavy atom. The molecule has 2 unspecified atom stereocenters. The third-order valence-corrected chi connectivity index (χ3v) is 4.38. The average molecular weight is 273 g/mol. The second-order valence-corrected chi connectivity index (χ2v) is 5.68. The van der Waals surface area contributed by atoms with Gasteiger partial charge in [0.2, 0.25) is 0 Å². The molecule has 0 N–H and O–H groups in total. The molecule has 0 aromatic heterocycles. The predicted molar refractivity (Wildman–Crippen MR) is 79.1 cm³/mol. The van der Waals surface area contributed by atoms with E-state index in [1.165, 1.54) is 16.7 Å². The zero-order valence-corrected chi connectivity index (χ0v) is 11.9. The molecule has 2 aromatic rings. The van der Waals surface area contributed by atoms with Crippen LogP contribution in [0.4, 0.5) is 0 Å². The number of halogens is 1. The summed E-state index contributed by atoms with van der Waals surface area (Å²) in [6.07, 6.45) is 0.915. The van der Waals surface area contributed by atoms with E-state index in [-0.39, 0.29) is 11.5 Å². The number of hydrogen-bond donors (Lipinski definition) is 0. The van der Waals surface area contributed by atoms with E-state index >= 15 is 0 Å². The van der Waals surface area contributed by atoms with E-state index in [2.05, 4.69) is 38.1 Å². The lowest BCUT2D eigenvalue weighted by Gasteiger charge is -2.18. The van der Waals surface area contributed by atoms with Crippen molar-refractivity contribution in [3.8, 4) is 5.75 Å². The van der Waals surface area contributed by atoms with Crippen LogP contribution in [-0.2, 0) is 6.42 Å². The first-order valence-electron chi connectivity index (χ1n) is 6.61. The van der Waals surface area contributed by atoms with Gasteiger partial charge in [0.25, 0.3) is 0 Å². The third kappa shape index (κ3) is 2.35. The number of aryl methyl sites for hydroxylation is 2. The van der Waals surface area contributed by atoms with E-state index in [9.17, 15) is 0 Å². The van der Waals surface area contributed by atoms with Crippen molar-refractivity contribution < 1.29 is 4.74 Å². The number of alkyl halides is 1. The second-order valence-electron chi connectivity index (χ2n) is 5.21. The Morgan fingerprint density at radius 1 is 1.11 bits per heavy atom. The maximum atomic E-state index is 6.60. The van der Waals surface area contributed by atoms with Gasteiger partial charge in [0, 0.05) is 6.42 Å². The molecule has 3 rings (SSSR count). The molecular weight excluding hydrogens is 256 g/mol. The van der Waals surface area contributed by atoms with Gasteiger partial charge in [-0.3, -0.25) is 0 Å². The molecule has 0 saturated heterocycles. The number of rotatable bonds is 2. The van der Waals surface area contributed by atoms with Gasteiger partial charge in [-0.1, -0.05) is 36.4 Å². The summed E-state index contributed by atoms with van der Waals surface area (Å²) in [6, 6.07) is 14.6. The highest BCUT2D eigenvalue weighted by atomic mass is 35.5. The smallest absolute Gasteiger partial charge is 0.123 e. The van der Waals surface area contributed by atoms with Crippen molar-refractivity contribution in [2.24, 2.45) is 0 Å². The fraction of sp³-hybridized carbons (Fsp3) is 0.294. The van der Waals surface area contributed by atoms with Gasteiger partial charge in [0.15, 0.2) is 0 Å². The minimum atomic E-state index is -0.105. The van der Waals surface area contributed by atoms with Crippen molar-refractivity contribution >= 4 is 11.6 Å². The highest BCUT2D eigenvalue weighted by Gasteiger charge is 2.29. The van der Waals surface area contributed by atoms with E-state index in [4.69, 9.17) is 16.3 Å². The molecule has 1 aliphatic rings. The Hall–Kier alpha value is -1.47. The number of fused-ring (bicyclic) bond motifs is 1. The van der Waals surface area contributed by atoms with Crippen molar-refractivity contribution in [2.75, 3.05) is 0 Å². The maximum Gasteiger partial charge on any atom is 0.123 e. The summed E-state index contributed by atoms with van der Waals surface area (Å²) in [4.78, 5) is 0. The lowest BCUT2D eigenvalue weighted by molar-refractivity contribution is 0.227. The van der Waals surface area contributed by atoms with Crippen LogP contribution >= 0.6 is 11.6 Å². The molecule has 0 fully saturated rings. The number of benzene rings is 2. The summed E-state index contributed by atoms with van der Waals surface area (Å²) in [6.45, 7) is 4.23. The van der Waals surface area contributed by atoms with E-state index in [1.807, 2.05) is 18.2 Å². The largest absolute Gasteiger partial charge is 0.488 e. The maximum absolute atomic E-state index is 6.60. The predicted octanol–water partition coefficient (Wildman–Crippen LogP) is 4.59. The van der Waals surface area contributed by atoms with E-state index in [1.54, 1.807) is 0 Å². The first-order valence-corrected chi connectivity index (χ1v) is 7.04. The normalized spacial score (nSPS) is 18.8. The van der Waals surface area contributed by atoms with Gasteiger partial charge in [-0.05, 0) is 42.2 Å². The van der Waals surface area contributed by atoms with Crippen LogP contribution in [0.5, 0.6) is 5.75 Å². The van der Waals surface area contributed by atoms with E-state index in [0.29, 0.717) is 0 Å². The summed E-state index contributed by atoms with van der Waals surface area (Å²) >= 11 is 6.60. The standard InChI is InChI=1S/C17H17ClO/c1-11-7-8-14(9-12(11)2)17(18)16-10-13-5-3-4-6-15(13)19-16/h3-9,16-17H,10H2,1-2H3. The lowest BCUT2D eigenvalue weighted by Crippen LogP contribution is -2.19. The Labute approximate surface area is 119 Å². The Morgan fingerprint density at radius 2 is 1.89 bits per heavy atom. The Kier molecular flexibility index (Phi) is 3.24. The first-order chi connectivity index (χ1) is 9.15. The van der Waals surface area contributed by atoms with Crippen molar-refractivity contribution in [1.29, 1.82) is 0 Å². The first kappa shape index (κ1) is 12.6. The number of hydrogen-bond acceptors (Lipinski definition) is 1. The lowest BCUT2D eigenvalue weighted by atomic mass is 9.99. The molecule has 2 heteroatoms. The summed E-state index contributed by atoms with van der Waals surface area (Å²) in [7, 11) is 0. The van der Waals surface area contributed by atoms with Crippen molar-refractivity contribution in [3.05, 3.63) is 64.7 Å². The van der Waals surface area contributed by atoms with Crippen molar-refractivity contribution in [3.63, 3.8) is 0 Å². The van der Waals surface area contributed by atoms with Gasteiger partial charge in [0.1, 0.15) is 11.9 Å². The molecule has 0 bridgehead atoms. The van der Waals surface area contributed by atoms with Crippen LogP contribution in [0.25, 0.3) is 0 Å². The third-order valence-electron chi connectivity index (χ3n) is 3.85. The molecule has 0 aliphatic carbocycles. The van der Waals surface area contributed by atoms with Gasteiger partial charge in [-0.2, -0.15) is 0 Å². The minimum Gasteiger partial charge on any atom is -0.488 e. The zero-order chi connectivity index (χ0) is 13.4. The molecule has 0 spiro atoms. The molecule has 0 radical (unpaired) electrons. The van der Waals surface area contributed by atoms with Crippen molar-refractivity contribution in [1.82, 2.24) is 0 Å². The number of para-hydroxylation sites is 1. The Bertz CT molecular complexity index is 581. The quantitative estimate of drug-likeness (QED) is 0.727. The summed E-state index contributed by atoms with van der Waals surface area (Å²) in [5, 5.41) is -0.105. The average Bonchev–Trinajstić information content (AvgIpc) is 2.85. The van der Waals surface area contributed by atoms with Gasteiger partial charge in [0.05, 0.1) is 5.38 Å². The molecule has 98 valence electrons.